The molecule has 2 aliphatic rings. The number of nitrogens with zero attached hydrogens (tertiary/aromatic N) is 3. The highest BCUT2D eigenvalue weighted by Crippen LogP contribution is 2.48. The molecule has 21 aromatic rings. The smallest absolute Gasteiger partial charge is 0.256 e. The second-order valence-electron chi connectivity index (χ2n) is 37.1. The van der Waals surface area contributed by atoms with Gasteiger partial charge in [0.1, 0.15) is 11.5 Å². The fourth-order valence-corrected chi connectivity index (χ4v) is 31.2. The molecule has 0 bridgehead atoms. The van der Waals surface area contributed by atoms with E-state index in [1.54, 1.807) is 0 Å². The average Bonchev–Trinajstić information content (AvgIpc) is 1.62. The Morgan fingerprint density at radius 1 is 0.217 bits per heavy atom. The van der Waals surface area contributed by atoms with Gasteiger partial charge in [-0.15, -0.1) is 0 Å². The van der Waals surface area contributed by atoms with Crippen LogP contribution in [0.2, 0.25) is 0 Å². The van der Waals surface area contributed by atoms with Crippen molar-refractivity contribution in [3.63, 3.8) is 0 Å². The third-order valence-electron chi connectivity index (χ3n) is 27.5. The first-order chi connectivity index (χ1) is 63.2. The van der Waals surface area contributed by atoms with Gasteiger partial charge in [-0.1, -0.05) is 418 Å². The van der Waals surface area contributed by atoms with Crippen LogP contribution in [0.25, 0.3) is 111 Å². The van der Waals surface area contributed by atoms with Gasteiger partial charge in [0.05, 0.1) is 27.8 Å². The van der Waals surface area contributed by atoms with Gasteiger partial charge in [0.2, 0.25) is 0 Å². The first-order valence-corrected chi connectivity index (χ1v) is 49.2. The summed E-state index contributed by atoms with van der Waals surface area (Å²) < 4.78 is 13.3. The SMILES string of the molecule is CC(C)(C)c1ccc2c(c1)c1cc(C(C)(C)C)ccc1n2-c1cc2c3c(c1)N(c1cc(-c4ccccc4)cc(-c4ccccc4)c1)c1cc(-n4c5ccccc5c5ccccc54)ccc1B3c1ccc(-c3cc([Si](c4ccccc4)(c4ccccc4)c4cccc(-c5ccccc5)c4)cc([Si](c4ccccc4)(c4ccccc4)c4cccc(-c5ccccc5)c4)c3)cc1O2. The maximum absolute atomic E-state index is 8.24. The minimum Gasteiger partial charge on any atom is -0.458 e. The normalized spacial score (nSPS) is 12.6. The summed E-state index contributed by atoms with van der Waals surface area (Å²) in [5, 5.41) is 15.2. The Hall–Kier alpha value is -15.1. The van der Waals surface area contributed by atoms with Gasteiger partial charge in [-0.25, -0.2) is 0 Å². The van der Waals surface area contributed by atoms with Gasteiger partial charge in [0.25, 0.3) is 6.71 Å². The summed E-state index contributed by atoms with van der Waals surface area (Å²) in [6.45, 7) is 13.7. The Labute approximate surface area is 757 Å². The van der Waals surface area contributed by atoms with Crippen LogP contribution in [0.15, 0.2) is 461 Å². The fraction of sp³-hybridized carbons (Fsp3) is 0.0656. The molecule has 0 N–H and O–H groups in total. The molecule has 614 valence electrons. The number of aromatic nitrogens is 2. The summed E-state index contributed by atoms with van der Waals surface area (Å²) in [5.74, 6) is 1.62. The van der Waals surface area contributed by atoms with Gasteiger partial charge in [0, 0.05) is 50.4 Å². The summed E-state index contributed by atoms with van der Waals surface area (Å²) in [4.78, 5) is 2.60. The van der Waals surface area contributed by atoms with Gasteiger partial charge < -0.3 is 18.8 Å². The van der Waals surface area contributed by atoms with Crippen LogP contribution in [0.3, 0.4) is 0 Å². The lowest BCUT2D eigenvalue weighted by Crippen LogP contribution is -2.78. The maximum atomic E-state index is 8.24. The number of para-hydroxylation sites is 2. The molecule has 0 fully saturated rings. The standard InChI is InChI=1S/C122H94BN3OSi2/c1-121(2,3)93-62-67-114-108(77-93)109-78-94(122(4,5)6)63-68-115(109)125(114)97-80-117-120-119(81-97)127-118-76-89(61-65-111(118)123(120)110-66-64-95(124-112-59-33-31-57-106(112)107-58-32-34-60-113(107)124)79-116(110)126(117)96-70-90(85-41-19-9-20-42-85)69-91(71-96)86-43-21-10-22-44-86)92-74-104(128(98-47-23-11-24-48-98,99-49-25-12-26-50-99)102-55-35-45-87(72-102)83-37-15-7-16-38-83)82-105(75-92)129(100-51-27-13-28-52-100,101-53-29-14-30-54-101)103-56-36-46-88(73-103)84-39-17-8-18-40-84/h7-82H,1-6H3. The topological polar surface area (TPSA) is 22.3 Å². The van der Waals surface area contributed by atoms with Crippen LogP contribution in [0.4, 0.5) is 17.1 Å². The summed E-state index contributed by atoms with van der Waals surface area (Å²) in [6, 6.07) is 176. The van der Waals surface area contributed by atoms with Gasteiger partial charge in [-0.2, -0.15) is 0 Å². The molecule has 0 radical (unpaired) electrons. The number of rotatable bonds is 16. The molecule has 0 saturated carbocycles. The number of hydrogen-bond donors (Lipinski definition) is 0. The predicted molar refractivity (Wildman–Crippen MR) is 553 cm³/mol. The van der Waals surface area contributed by atoms with Crippen LogP contribution in [0.5, 0.6) is 11.5 Å². The van der Waals surface area contributed by atoms with E-state index in [0.717, 1.165) is 106 Å². The Balaban J connectivity index is 0.832. The fourth-order valence-electron chi connectivity index (χ4n) is 21.3. The van der Waals surface area contributed by atoms with Crippen molar-refractivity contribution in [1.29, 1.82) is 0 Å². The van der Waals surface area contributed by atoms with Gasteiger partial charge in [-0.3, -0.25) is 0 Å². The first kappa shape index (κ1) is 78.6. The number of hydrogen-bond acceptors (Lipinski definition) is 2. The van der Waals surface area contributed by atoms with Crippen molar-refractivity contribution < 1.29 is 4.74 Å². The molecule has 4 heterocycles. The largest absolute Gasteiger partial charge is 0.458 e. The molecule has 4 nitrogen and oxygen atoms in total. The van der Waals surface area contributed by atoms with Crippen molar-refractivity contribution >= 4 is 141 Å². The van der Waals surface area contributed by atoms with E-state index >= 15 is 0 Å². The molecule has 19 aromatic carbocycles. The number of anilines is 3. The van der Waals surface area contributed by atoms with Crippen molar-refractivity contribution in [3.8, 4) is 78.5 Å². The van der Waals surface area contributed by atoms with Crippen molar-refractivity contribution in [2.24, 2.45) is 0 Å². The van der Waals surface area contributed by atoms with Gasteiger partial charge >= 0.3 is 0 Å². The van der Waals surface area contributed by atoms with Gasteiger partial charge in [0.15, 0.2) is 16.1 Å². The third-order valence-corrected chi connectivity index (χ3v) is 37.0. The molecule has 0 spiro atoms. The lowest BCUT2D eigenvalue weighted by molar-refractivity contribution is 0.487. The summed E-state index contributed by atoms with van der Waals surface area (Å²) in [7, 11) is -6.98. The van der Waals surface area contributed by atoms with E-state index in [-0.39, 0.29) is 17.5 Å². The van der Waals surface area contributed by atoms with E-state index in [0.29, 0.717) is 0 Å². The molecule has 7 heteroatoms. The van der Waals surface area contributed by atoms with Crippen LogP contribution in [0.1, 0.15) is 52.7 Å². The highest BCUT2D eigenvalue weighted by molar-refractivity contribution is 7.22. The molecule has 23 rings (SSSR count). The Morgan fingerprint density at radius 2 is 0.574 bits per heavy atom. The number of fused-ring (bicyclic) bond motifs is 10. The van der Waals surface area contributed by atoms with Crippen LogP contribution in [-0.2, 0) is 10.8 Å². The Bertz CT molecular complexity index is 7450. The lowest BCUT2D eigenvalue weighted by atomic mass is 9.34. The quantitative estimate of drug-likeness (QED) is 0.0711. The lowest BCUT2D eigenvalue weighted by Gasteiger charge is -2.41. The van der Waals surface area contributed by atoms with Crippen molar-refractivity contribution in [2.75, 3.05) is 4.90 Å². The predicted octanol–water partition coefficient (Wildman–Crippen LogP) is 24.0. The third kappa shape index (κ3) is 13.3. The van der Waals surface area contributed by atoms with E-state index in [9.17, 15) is 0 Å². The maximum Gasteiger partial charge on any atom is 0.256 e. The second kappa shape index (κ2) is 31.5. The van der Waals surface area contributed by atoms with E-state index in [2.05, 4.69) is 517 Å². The molecule has 0 unspecified atom stereocenters. The molecular weight excluding hydrogens is 1590 g/mol. The highest BCUT2D eigenvalue weighted by atomic mass is 28.3. The molecule has 129 heavy (non-hydrogen) atoms. The average molecular weight is 1690 g/mol. The second-order valence-corrected chi connectivity index (χ2v) is 44.7. The van der Waals surface area contributed by atoms with Crippen LogP contribution in [-0.4, -0.2) is 32.0 Å². The Morgan fingerprint density at radius 3 is 1.02 bits per heavy atom. The van der Waals surface area contributed by atoms with E-state index < -0.39 is 16.1 Å². The summed E-state index contributed by atoms with van der Waals surface area (Å²) in [6.07, 6.45) is 0. The molecule has 0 aliphatic carbocycles. The number of ether oxygens (including phenoxy) is 1. The highest BCUT2D eigenvalue weighted by Gasteiger charge is 2.48. The zero-order chi connectivity index (χ0) is 86.7. The molecule has 0 saturated heterocycles. The van der Waals surface area contributed by atoms with Crippen molar-refractivity contribution in [3.05, 3.63) is 472 Å². The monoisotopic (exact) mass is 1680 g/mol. The van der Waals surface area contributed by atoms with Gasteiger partial charge in [-0.05, 0) is 214 Å². The summed E-state index contributed by atoms with van der Waals surface area (Å²) in [5.41, 5.74) is 26.9. The minimum atomic E-state index is -3.49. The van der Waals surface area contributed by atoms with Crippen LogP contribution in [0, 0.1) is 0 Å². The zero-order valence-electron chi connectivity index (χ0n) is 73.2. The first-order valence-electron chi connectivity index (χ1n) is 45.2. The van der Waals surface area contributed by atoms with E-state index in [1.807, 2.05) is 0 Å². The van der Waals surface area contributed by atoms with Crippen LogP contribution < -0.4 is 67.5 Å². The molecule has 0 atom stereocenters. The molecule has 2 aliphatic heterocycles. The van der Waals surface area contributed by atoms with Crippen molar-refractivity contribution in [2.45, 2.75) is 52.4 Å². The molecular formula is C122H94BN3OSi2. The van der Waals surface area contributed by atoms with Crippen molar-refractivity contribution in [1.82, 2.24) is 9.13 Å². The zero-order valence-corrected chi connectivity index (χ0v) is 75.2. The number of benzene rings is 19. The van der Waals surface area contributed by atoms with E-state index in [1.165, 1.54) is 102 Å². The van der Waals surface area contributed by atoms with Crippen LogP contribution >= 0.6 is 0 Å². The minimum absolute atomic E-state index is 0.107. The summed E-state index contributed by atoms with van der Waals surface area (Å²) >= 11 is 0. The molecule has 2 aromatic heterocycles. The Kier molecular flexibility index (Phi) is 19.2. The molecule has 0 amide bonds. The van der Waals surface area contributed by atoms with E-state index in [4.69, 9.17) is 4.74 Å².